The molecule has 0 saturated carbocycles. The summed E-state index contributed by atoms with van der Waals surface area (Å²) in [5.74, 6) is 0. The average molecular weight is 216 g/mol. The summed E-state index contributed by atoms with van der Waals surface area (Å²) >= 11 is 0. The van der Waals surface area contributed by atoms with Gasteiger partial charge in [0, 0.05) is 6.08 Å². The molecular weight excluding hydrogens is 212 g/mol. The van der Waals surface area contributed by atoms with Crippen LogP contribution in [-0.4, -0.2) is 26.1 Å². The van der Waals surface area contributed by atoms with Gasteiger partial charge in [-0.25, -0.2) is 10.1 Å². The quantitative estimate of drug-likeness (QED) is 0.469. The molecule has 10 heteroatoms. The van der Waals surface area contributed by atoms with Crippen molar-refractivity contribution in [3.05, 3.63) is 54.4 Å². The van der Waals surface area contributed by atoms with E-state index in [4.69, 9.17) is 0 Å². The summed E-state index contributed by atoms with van der Waals surface area (Å²) in [5, 5.41) is 30.2. The summed E-state index contributed by atoms with van der Waals surface area (Å²) in [5.41, 5.74) is -0.848. The molecule has 15 heavy (non-hydrogen) atoms. The molecule has 0 bridgehead atoms. The minimum Gasteiger partial charge on any atom is -0.262 e. The number of nitro groups is 3. The summed E-state index contributed by atoms with van der Waals surface area (Å²) in [6, 6.07) is 0. The van der Waals surface area contributed by atoms with Gasteiger partial charge in [-0.3, -0.25) is 20.2 Å². The molecule has 1 unspecified atom stereocenters. The monoisotopic (exact) mass is 216 g/mol. The Kier molecular flexibility index (Phi) is 2.60. The zero-order valence-electron chi connectivity index (χ0n) is 7.05. The van der Waals surface area contributed by atoms with E-state index in [0.29, 0.717) is 0 Å². The van der Waals surface area contributed by atoms with E-state index < -0.39 is 26.7 Å². The standard InChI is InChI=1S/C5H4N4O6/c10-7(11)4-2-1-3-6(9(14)15)5(4)8(12)13/h1-3,5H. The van der Waals surface area contributed by atoms with Crippen molar-refractivity contribution >= 4 is 0 Å². The van der Waals surface area contributed by atoms with Crippen molar-refractivity contribution in [3.63, 3.8) is 0 Å². The number of hydrazine groups is 1. The predicted molar refractivity (Wildman–Crippen MR) is 43.8 cm³/mol. The minimum absolute atomic E-state index is 0.0676. The van der Waals surface area contributed by atoms with E-state index in [1.165, 1.54) is 0 Å². The molecule has 0 radical (unpaired) electrons. The Morgan fingerprint density at radius 2 is 1.80 bits per heavy atom. The fourth-order valence-electron chi connectivity index (χ4n) is 1.04. The Morgan fingerprint density at radius 3 is 2.20 bits per heavy atom. The third-order valence-corrected chi connectivity index (χ3v) is 1.62. The number of hydrogen-bond donors (Lipinski definition) is 0. The van der Waals surface area contributed by atoms with Gasteiger partial charge in [0.15, 0.2) is 5.03 Å². The van der Waals surface area contributed by atoms with Gasteiger partial charge in [0.05, 0.1) is 16.0 Å². The summed E-state index contributed by atoms with van der Waals surface area (Å²) in [6.45, 7) is 0. The van der Waals surface area contributed by atoms with Crippen LogP contribution >= 0.6 is 0 Å². The van der Waals surface area contributed by atoms with E-state index in [0.717, 1.165) is 18.4 Å². The van der Waals surface area contributed by atoms with Crippen molar-refractivity contribution in [2.24, 2.45) is 0 Å². The van der Waals surface area contributed by atoms with Gasteiger partial charge in [0.25, 0.3) is 0 Å². The Bertz CT molecular complexity index is 387. The average Bonchev–Trinajstić information content (AvgIpc) is 2.16. The second kappa shape index (κ2) is 3.69. The number of hydrogen-bond acceptors (Lipinski definition) is 6. The van der Waals surface area contributed by atoms with E-state index in [2.05, 4.69) is 0 Å². The van der Waals surface area contributed by atoms with Crippen LogP contribution in [-0.2, 0) is 0 Å². The van der Waals surface area contributed by atoms with Crippen LogP contribution in [0.1, 0.15) is 0 Å². The van der Waals surface area contributed by atoms with Crippen molar-refractivity contribution in [1.82, 2.24) is 5.01 Å². The first kappa shape index (κ1) is 10.6. The Hall–Kier alpha value is -2.52. The third-order valence-electron chi connectivity index (χ3n) is 1.62. The first-order valence-corrected chi connectivity index (χ1v) is 3.54. The lowest BCUT2D eigenvalue weighted by molar-refractivity contribution is -0.723. The summed E-state index contributed by atoms with van der Waals surface area (Å²) < 4.78 is 0. The van der Waals surface area contributed by atoms with Gasteiger partial charge in [-0.05, 0) is 11.1 Å². The molecule has 1 atom stereocenters. The molecular formula is C5H4N4O6. The molecule has 0 spiro atoms. The van der Waals surface area contributed by atoms with Gasteiger partial charge in [0.2, 0.25) is 0 Å². The van der Waals surface area contributed by atoms with Crippen molar-refractivity contribution in [1.29, 1.82) is 0 Å². The van der Waals surface area contributed by atoms with E-state index >= 15 is 0 Å². The minimum atomic E-state index is -2.10. The van der Waals surface area contributed by atoms with Crippen LogP contribution in [0.5, 0.6) is 0 Å². The van der Waals surface area contributed by atoms with Gasteiger partial charge < -0.3 is 0 Å². The highest BCUT2D eigenvalue weighted by Crippen LogP contribution is 2.17. The molecule has 10 nitrogen and oxygen atoms in total. The number of rotatable bonds is 3. The van der Waals surface area contributed by atoms with Crippen molar-refractivity contribution in [2.75, 3.05) is 0 Å². The second-order valence-electron chi connectivity index (χ2n) is 2.47. The van der Waals surface area contributed by atoms with Crippen molar-refractivity contribution < 1.29 is 14.9 Å². The zero-order chi connectivity index (χ0) is 11.6. The molecule has 1 heterocycles. The second-order valence-corrected chi connectivity index (χ2v) is 2.47. The largest absolute Gasteiger partial charge is 0.428 e. The van der Waals surface area contributed by atoms with Crippen LogP contribution in [0.4, 0.5) is 0 Å². The van der Waals surface area contributed by atoms with E-state index in [1.807, 2.05) is 0 Å². The van der Waals surface area contributed by atoms with Gasteiger partial charge in [0.1, 0.15) is 0 Å². The molecule has 1 rings (SSSR count). The van der Waals surface area contributed by atoms with Crippen LogP contribution in [0, 0.1) is 30.3 Å². The van der Waals surface area contributed by atoms with Crippen molar-refractivity contribution in [2.45, 2.75) is 6.17 Å². The summed E-state index contributed by atoms with van der Waals surface area (Å²) in [6.07, 6.45) is 0.550. The van der Waals surface area contributed by atoms with Crippen molar-refractivity contribution in [3.8, 4) is 0 Å². The molecule has 0 aromatic heterocycles. The fourth-order valence-corrected chi connectivity index (χ4v) is 1.04. The van der Waals surface area contributed by atoms with E-state index in [-0.39, 0.29) is 5.01 Å². The van der Waals surface area contributed by atoms with E-state index in [1.54, 1.807) is 0 Å². The molecule has 0 aromatic rings. The summed E-state index contributed by atoms with van der Waals surface area (Å²) in [7, 11) is 0. The molecule has 0 aliphatic carbocycles. The molecule has 80 valence electrons. The predicted octanol–water partition coefficient (Wildman–Crippen LogP) is -0.229. The molecule has 0 saturated heterocycles. The maximum atomic E-state index is 10.5. The summed E-state index contributed by atoms with van der Waals surface area (Å²) in [4.78, 5) is 29.1. The first-order chi connectivity index (χ1) is 6.95. The third kappa shape index (κ3) is 1.87. The molecule has 0 N–H and O–H groups in total. The van der Waals surface area contributed by atoms with Crippen LogP contribution < -0.4 is 0 Å². The first-order valence-electron chi connectivity index (χ1n) is 3.54. The topological polar surface area (TPSA) is 133 Å². The van der Waals surface area contributed by atoms with Crippen LogP contribution in [0.25, 0.3) is 0 Å². The number of nitrogens with zero attached hydrogens (tertiary/aromatic N) is 4. The molecule has 0 amide bonds. The normalized spacial score (nSPS) is 19.6. The fraction of sp³-hybridized carbons (Fsp3) is 0.200. The van der Waals surface area contributed by atoms with Gasteiger partial charge >= 0.3 is 11.9 Å². The van der Waals surface area contributed by atoms with Gasteiger partial charge in [-0.15, -0.1) is 0 Å². The maximum absolute atomic E-state index is 10.5. The smallest absolute Gasteiger partial charge is 0.262 e. The number of allylic oxidation sites excluding steroid dienone is 2. The molecule has 0 fully saturated rings. The van der Waals surface area contributed by atoms with Crippen LogP contribution in [0.3, 0.4) is 0 Å². The lowest BCUT2D eigenvalue weighted by Gasteiger charge is -2.14. The highest BCUT2D eigenvalue weighted by Gasteiger charge is 2.47. The highest BCUT2D eigenvalue weighted by atomic mass is 16.7. The van der Waals surface area contributed by atoms with Gasteiger partial charge in [-0.1, -0.05) is 0 Å². The molecule has 0 aromatic carbocycles. The van der Waals surface area contributed by atoms with Crippen LogP contribution in [0.15, 0.2) is 24.0 Å². The van der Waals surface area contributed by atoms with E-state index in [9.17, 15) is 30.3 Å². The van der Waals surface area contributed by atoms with Crippen LogP contribution in [0.2, 0.25) is 0 Å². The Balaban J connectivity index is 3.14. The molecule has 1 aliphatic rings. The highest BCUT2D eigenvalue weighted by molar-refractivity contribution is 5.14. The lowest BCUT2D eigenvalue weighted by atomic mass is 10.2. The Labute approximate surface area is 81.5 Å². The lowest BCUT2D eigenvalue weighted by Crippen LogP contribution is -2.45. The zero-order valence-corrected chi connectivity index (χ0v) is 7.05. The maximum Gasteiger partial charge on any atom is 0.428 e. The molecule has 1 aliphatic heterocycles. The SMILES string of the molecule is O=[N+]([O-])C1=CC=CN([N+](=O)[O-])C1[N+](=O)[O-]. The van der Waals surface area contributed by atoms with Gasteiger partial charge in [-0.2, -0.15) is 0 Å². The Morgan fingerprint density at radius 1 is 1.20 bits per heavy atom.